The first kappa shape index (κ1) is 12.3. The number of hydrogen-bond donors (Lipinski definition) is 0. The molecule has 90 valence electrons. The SMILES string of the molecule is CCS(CC)(c1ccccc1)c1ccccc1. The van der Waals surface area contributed by atoms with Gasteiger partial charge in [0.1, 0.15) is 0 Å². The van der Waals surface area contributed by atoms with Gasteiger partial charge in [-0.3, -0.25) is 0 Å². The minimum Gasteiger partial charge on any atom is -0.188 e. The number of rotatable bonds is 4. The molecular formula is C16H20S. The number of hydrogen-bond acceptors (Lipinski definition) is 0. The average Bonchev–Trinajstić information content (AvgIpc) is 2.43. The van der Waals surface area contributed by atoms with Crippen molar-refractivity contribution in [2.24, 2.45) is 0 Å². The Balaban J connectivity index is 2.54. The third-order valence-electron chi connectivity index (χ3n) is 3.37. The van der Waals surface area contributed by atoms with Gasteiger partial charge >= 0.3 is 0 Å². The highest BCUT2D eigenvalue weighted by atomic mass is 32.3. The summed E-state index contributed by atoms with van der Waals surface area (Å²) in [5.41, 5.74) is 0. The molecule has 0 unspecified atom stereocenters. The van der Waals surface area contributed by atoms with E-state index in [0.717, 1.165) is 0 Å². The van der Waals surface area contributed by atoms with E-state index in [1.807, 2.05) is 0 Å². The van der Waals surface area contributed by atoms with Crippen molar-refractivity contribution in [3.05, 3.63) is 60.7 Å². The summed E-state index contributed by atoms with van der Waals surface area (Å²) in [4.78, 5) is 3.02. The predicted octanol–water partition coefficient (Wildman–Crippen LogP) is 4.95. The molecule has 0 bridgehead atoms. The van der Waals surface area contributed by atoms with E-state index in [2.05, 4.69) is 74.5 Å². The summed E-state index contributed by atoms with van der Waals surface area (Å²) in [6.45, 7) is 4.64. The van der Waals surface area contributed by atoms with Crippen molar-refractivity contribution in [3.63, 3.8) is 0 Å². The van der Waals surface area contributed by atoms with E-state index in [4.69, 9.17) is 0 Å². The van der Waals surface area contributed by atoms with E-state index in [9.17, 15) is 0 Å². The van der Waals surface area contributed by atoms with E-state index >= 15 is 0 Å². The van der Waals surface area contributed by atoms with E-state index in [1.165, 1.54) is 21.3 Å². The quantitative estimate of drug-likeness (QED) is 0.714. The molecule has 2 aromatic rings. The Morgan fingerprint density at radius 2 is 1.00 bits per heavy atom. The van der Waals surface area contributed by atoms with E-state index < -0.39 is 10.0 Å². The zero-order valence-electron chi connectivity index (χ0n) is 10.6. The minimum atomic E-state index is -0.830. The van der Waals surface area contributed by atoms with Gasteiger partial charge in [0, 0.05) is 0 Å². The van der Waals surface area contributed by atoms with Crippen LogP contribution in [0.15, 0.2) is 70.5 Å². The molecule has 0 heterocycles. The fourth-order valence-corrected chi connectivity index (χ4v) is 5.74. The minimum absolute atomic E-state index is 0.830. The van der Waals surface area contributed by atoms with Crippen LogP contribution in [0.3, 0.4) is 0 Å². The van der Waals surface area contributed by atoms with Crippen LogP contribution in [0.2, 0.25) is 0 Å². The van der Waals surface area contributed by atoms with Gasteiger partial charge in [0.15, 0.2) is 0 Å². The molecule has 0 aliphatic rings. The molecule has 2 aromatic carbocycles. The van der Waals surface area contributed by atoms with E-state index in [1.54, 1.807) is 0 Å². The summed E-state index contributed by atoms with van der Waals surface area (Å²) in [5.74, 6) is 2.44. The van der Waals surface area contributed by atoms with Crippen molar-refractivity contribution < 1.29 is 0 Å². The molecule has 0 radical (unpaired) electrons. The highest BCUT2D eigenvalue weighted by molar-refractivity contribution is 8.33. The molecule has 0 nitrogen and oxygen atoms in total. The van der Waals surface area contributed by atoms with Gasteiger partial charge in [-0.15, -0.1) is 0 Å². The average molecular weight is 244 g/mol. The highest BCUT2D eigenvalue weighted by Gasteiger charge is 2.24. The zero-order chi connectivity index (χ0) is 12.1. The van der Waals surface area contributed by atoms with Gasteiger partial charge in [0.2, 0.25) is 0 Å². The lowest BCUT2D eigenvalue weighted by Crippen LogP contribution is -2.07. The van der Waals surface area contributed by atoms with Crippen LogP contribution in [0, 0.1) is 0 Å². The standard InChI is InChI=1S/C16H20S/c1-3-17(4-2,15-11-7-5-8-12-15)16-13-9-6-10-14-16/h5-14H,3-4H2,1-2H3. The van der Waals surface area contributed by atoms with Crippen LogP contribution in [-0.2, 0) is 0 Å². The van der Waals surface area contributed by atoms with Crippen LogP contribution in [0.5, 0.6) is 0 Å². The second kappa shape index (κ2) is 5.42. The molecule has 17 heavy (non-hydrogen) atoms. The van der Waals surface area contributed by atoms with Crippen molar-refractivity contribution in [2.45, 2.75) is 23.6 Å². The third kappa shape index (κ3) is 2.25. The van der Waals surface area contributed by atoms with Gasteiger partial charge < -0.3 is 0 Å². The van der Waals surface area contributed by atoms with Gasteiger partial charge in [-0.1, -0.05) is 50.2 Å². The molecule has 0 aliphatic carbocycles. The number of benzene rings is 2. The molecule has 1 heteroatoms. The predicted molar refractivity (Wildman–Crippen MR) is 78.1 cm³/mol. The first-order valence-corrected chi connectivity index (χ1v) is 8.19. The van der Waals surface area contributed by atoms with Crippen molar-refractivity contribution >= 4 is 10.0 Å². The Labute approximate surface area is 106 Å². The van der Waals surface area contributed by atoms with Crippen LogP contribution in [-0.4, -0.2) is 11.5 Å². The monoisotopic (exact) mass is 244 g/mol. The van der Waals surface area contributed by atoms with Gasteiger partial charge in [-0.05, 0) is 45.6 Å². The van der Waals surface area contributed by atoms with Crippen molar-refractivity contribution in [1.29, 1.82) is 0 Å². The Morgan fingerprint density at radius 1 is 0.647 bits per heavy atom. The molecule has 0 aromatic heterocycles. The van der Waals surface area contributed by atoms with Crippen molar-refractivity contribution in [2.75, 3.05) is 11.5 Å². The summed E-state index contributed by atoms with van der Waals surface area (Å²) < 4.78 is 0. The molecule has 0 N–H and O–H groups in total. The van der Waals surface area contributed by atoms with Crippen LogP contribution in [0.4, 0.5) is 0 Å². The zero-order valence-corrected chi connectivity index (χ0v) is 11.4. The third-order valence-corrected chi connectivity index (χ3v) is 7.69. The fraction of sp³-hybridized carbons (Fsp3) is 0.250. The highest BCUT2D eigenvalue weighted by Crippen LogP contribution is 2.61. The summed E-state index contributed by atoms with van der Waals surface area (Å²) in [5, 5.41) is 0. The van der Waals surface area contributed by atoms with E-state index in [-0.39, 0.29) is 0 Å². The maximum absolute atomic E-state index is 2.32. The Bertz CT molecular complexity index is 402. The van der Waals surface area contributed by atoms with Gasteiger partial charge in [-0.2, -0.15) is 10.0 Å². The summed E-state index contributed by atoms with van der Waals surface area (Å²) >= 11 is 0. The lowest BCUT2D eigenvalue weighted by molar-refractivity contribution is 1.26. The normalized spacial score (nSPS) is 12.4. The van der Waals surface area contributed by atoms with Gasteiger partial charge in [0.05, 0.1) is 0 Å². The fourth-order valence-electron chi connectivity index (χ4n) is 2.37. The smallest absolute Gasteiger partial charge is 0.00594 e. The van der Waals surface area contributed by atoms with Gasteiger partial charge in [0.25, 0.3) is 0 Å². The molecule has 0 spiro atoms. The van der Waals surface area contributed by atoms with Crippen LogP contribution in [0.1, 0.15) is 13.8 Å². The molecular weight excluding hydrogens is 224 g/mol. The first-order valence-electron chi connectivity index (χ1n) is 6.22. The van der Waals surface area contributed by atoms with Crippen LogP contribution < -0.4 is 0 Å². The van der Waals surface area contributed by atoms with Crippen LogP contribution >= 0.6 is 10.0 Å². The summed E-state index contributed by atoms with van der Waals surface area (Å²) in [6, 6.07) is 22.0. The summed E-state index contributed by atoms with van der Waals surface area (Å²) in [6.07, 6.45) is 0. The Hall–Kier alpha value is -1.21. The molecule has 0 aliphatic heterocycles. The molecule has 0 amide bonds. The lowest BCUT2D eigenvalue weighted by Gasteiger charge is -2.39. The van der Waals surface area contributed by atoms with Crippen LogP contribution in [0.25, 0.3) is 0 Å². The summed E-state index contributed by atoms with van der Waals surface area (Å²) in [7, 11) is -0.830. The first-order chi connectivity index (χ1) is 8.33. The molecule has 0 saturated carbocycles. The largest absolute Gasteiger partial charge is 0.188 e. The van der Waals surface area contributed by atoms with Crippen molar-refractivity contribution in [3.8, 4) is 0 Å². The molecule has 0 saturated heterocycles. The Kier molecular flexibility index (Phi) is 3.90. The maximum atomic E-state index is 2.32. The topological polar surface area (TPSA) is 0 Å². The second-order valence-corrected chi connectivity index (χ2v) is 7.95. The lowest BCUT2D eigenvalue weighted by atomic mass is 10.4. The Morgan fingerprint density at radius 3 is 1.29 bits per heavy atom. The second-order valence-electron chi connectivity index (χ2n) is 4.09. The van der Waals surface area contributed by atoms with Crippen molar-refractivity contribution in [1.82, 2.24) is 0 Å². The maximum Gasteiger partial charge on any atom is -0.00594 e. The molecule has 2 rings (SSSR count). The molecule has 0 atom stereocenters. The molecule has 0 fully saturated rings. The van der Waals surface area contributed by atoms with Gasteiger partial charge in [-0.25, -0.2) is 0 Å². The van der Waals surface area contributed by atoms with E-state index in [0.29, 0.717) is 0 Å².